The molecule has 0 N–H and O–H groups in total. The molecule has 1 aliphatic rings. The zero-order valence-electron chi connectivity index (χ0n) is 12.5. The van der Waals surface area contributed by atoms with E-state index in [0.29, 0.717) is 11.4 Å². The number of nitriles is 1. The molecule has 2 heterocycles. The molecule has 0 amide bonds. The summed E-state index contributed by atoms with van der Waals surface area (Å²) in [5, 5.41) is 17.8. The van der Waals surface area contributed by atoms with Gasteiger partial charge >= 0.3 is 0 Å². The summed E-state index contributed by atoms with van der Waals surface area (Å²) in [5.74, 6) is 0.413. The third kappa shape index (κ3) is 3.07. The van der Waals surface area contributed by atoms with Crippen molar-refractivity contribution in [2.45, 2.75) is 45.6 Å². The number of aromatic nitrogens is 2. The van der Waals surface area contributed by atoms with Crippen LogP contribution in [0.3, 0.4) is 0 Å². The normalized spacial score (nSPS) is 16.9. The van der Waals surface area contributed by atoms with E-state index in [2.05, 4.69) is 28.2 Å². The van der Waals surface area contributed by atoms with Crippen LogP contribution in [0.25, 0.3) is 0 Å². The minimum atomic E-state index is 0.143. The van der Waals surface area contributed by atoms with Crippen LogP contribution in [0.4, 0.5) is 0 Å². The smallest absolute Gasteiger partial charge is 0.252 e. The number of ether oxygens (including phenoxy) is 1. The largest absolute Gasteiger partial charge is 0.472 e. The summed E-state index contributed by atoms with van der Waals surface area (Å²) in [5.41, 5.74) is 2.45. The summed E-state index contributed by atoms with van der Waals surface area (Å²) in [7, 11) is 2.11. The Kier molecular flexibility index (Phi) is 4.91. The third-order valence-electron chi connectivity index (χ3n) is 3.87. The van der Waals surface area contributed by atoms with Gasteiger partial charge in [-0.15, -0.1) is 5.10 Å². The molecule has 20 heavy (non-hydrogen) atoms. The van der Waals surface area contributed by atoms with Crippen molar-refractivity contribution < 1.29 is 4.74 Å². The van der Waals surface area contributed by atoms with Crippen molar-refractivity contribution in [3.05, 3.63) is 16.8 Å². The molecule has 5 heteroatoms. The van der Waals surface area contributed by atoms with Gasteiger partial charge in [-0.1, -0.05) is 13.8 Å². The lowest BCUT2D eigenvalue weighted by Crippen LogP contribution is -2.36. The summed E-state index contributed by atoms with van der Waals surface area (Å²) in [6.07, 6.45) is 3.66. The Hall–Kier alpha value is -1.67. The average molecular weight is 274 g/mol. The van der Waals surface area contributed by atoms with Gasteiger partial charge in [0.25, 0.3) is 5.88 Å². The van der Waals surface area contributed by atoms with Crippen molar-refractivity contribution >= 4 is 0 Å². The summed E-state index contributed by atoms with van der Waals surface area (Å²) in [4.78, 5) is 2.29. The van der Waals surface area contributed by atoms with Gasteiger partial charge in [0.05, 0.1) is 5.69 Å². The van der Waals surface area contributed by atoms with Gasteiger partial charge < -0.3 is 9.64 Å². The first-order valence-corrected chi connectivity index (χ1v) is 7.33. The molecule has 0 atom stereocenters. The van der Waals surface area contributed by atoms with Crippen LogP contribution in [0.2, 0.25) is 0 Å². The number of hydrogen-bond donors (Lipinski definition) is 0. The van der Waals surface area contributed by atoms with Crippen LogP contribution in [-0.4, -0.2) is 41.3 Å². The molecule has 0 spiro atoms. The third-order valence-corrected chi connectivity index (χ3v) is 3.87. The highest BCUT2D eigenvalue weighted by atomic mass is 16.5. The van der Waals surface area contributed by atoms with Crippen LogP contribution >= 0.6 is 0 Å². The maximum atomic E-state index is 9.42. The van der Waals surface area contributed by atoms with Crippen LogP contribution < -0.4 is 4.74 Å². The quantitative estimate of drug-likeness (QED) is 0.839. The molecule has 0 aromatic carbocycles. The van der Waals surface area contributed by atoms with Gasteiger partial charge in [-0.25, -0.2) is 0 Å². The fourth-order valence-corrected chi connectivity index (χ4v) is 2.61. The zero-order valence-corrected chi connectivity index (χ0v) is 12.5. The summed E-state index contributed by atoms with van der Waals surface area (Å²) in [6, 6.07) is 2.25. The van der Waals surface area contributed by atoms with Crippen LogP contribution in [-0.2, 0) is 12.8 Å². The Labute approximate surface area is 120 Å². The van der Waals surface area contributed by atoms with E-state index in [1.807, 2.05) is 13.8 Å². The van der Waals surface area contributed by atoms with Crippen molar-refractivity contribution in [2.24, 2.45) is 0 Å². The molecule has 0 radical (unpaired) electrons. The number of aryl methyl sites for hydroxylation is 1. The van der Waals surface area contributed by atoms with Crippen molar-refractivity contribution in [1.29, 1.82) is 5.26 Å². The second-order valence-corrected chi connectivity index (χ2v) is 5.24. The lowest BCUT2D eigenvalue weighted by atomic mass is 10.0. The van der Waals surface area contributed by atoms with Gasteiger partial charge in [0.2, 0.25) is 0 Å². The van der Waals surface area contributed by atoms with Gasteiger partial charge in [-0.3, -0.25) is 0 Å². The van der Waals surface area contributed by atoms with Gasteiger partial charge in [0, 0.05) is 13.1 Å². The summed E-state index contributed by atoms with van der Waals surface area (Å²) >= 11 is 0. The first-order valence-electron chi connectivity index (χ1n) is 7.33. The highest BCUT2D eigenvalue weighted by Crippen LogP contribution is 2.24. The van der Waals surface area contributed by atoms with E-state index in [-0.39, 0.29) is 6.10 Å². The molecule has 0 unspecified atom stereocenters. The summed E-state index contributed by atoms with van der Waals surface area (Å²) in [6.45, 7) is 6.11. The number of nitrogens with zero attached hydrogens (tertiary/aromatic N) is 4. The van der Waals surface area contributed by atoms with E-state index >= 15 is 0 Å². The highest BCUT2D eigenvalue weighted by Gasteiger charge is 2.22. The number of piperidine rings is 1. The van der Waals surface area contributed by atoms with Crippen molar-refractivity contribution in [1.82, 2.24) is 15.1 Å². The second-order valence-electron chi connectivity index (χ2n) is 5.24. The first-order chi connectivity index (χ1) is 9.69. The maximum Gasteiger partial charge on any atom is 0.252 e. The first kappa shape index (κ1) is 14.7. The lowest BCUT2D eigenvalue weighted by molar-refractivity contribution is 0.108. The SMILES string of the molecule is CCc1nnc(OC2CCN(C)CC2)c(C#N)c1CC. The van der Waals surface area contributed by atoms with Gasteiger partial charge in [-0.2, -0.15) is 10.4 Å². The Morgan fingerprint density at radius 1 is 1.25 bits per heavy atom. The molecule has 2 rings (SSSR count). The predicted molar refractivity (Wildman–Crippen MR) is 76.7 cm³/mol. The second kappa shape index (κ2) is 6.67. The van der Waals surface area contributed by atoms with E-state index in [9.17, 15) is 5.26 Å². The summed E-state index contributed by atoms with van der Waals surface area (Å²) < 4.78 is 5.94. The standard InChI is InChI=1S/C15H22N4O/c1-4-12-13(10-16)15(18-17-14(12)5-2)20-11-6-8-19(3)9-7-11/h11H,4-9H2,1-3H3. The van der Waals surface area contributed by atoms with Crippen molar-refractivity contribution in [2.75, 3.05) is 20.1 Å². The topological polar surface area (TPSA) is 62.0 Å². The van der Waals surface area contributed by atoms with Crippen LogP contribution in [0.15, 0.2) is 0 Å². The van der Waals surface area contributed by atoms with Crippen LogP contribution in [0.1, 0.15) is 43.5 Å². The molecular formula is C15H22N4O. The minimum Gasteiger partial charge on any atom is -0.472 e. The molecule has 1 aromatic heterocycles. The molecule has 108 valence electrons. The van der Waals surface area contributed by atoms with Gasteiger partial charge in [-0.05, 0) is 38.3 Å². The number of hydrogen-bond acceptors (Lipinski definition) is 5. The monoisotopic (exact) mass is 274 g/mol. The molecule has 0 bridgehead atoms. The average Bonchev–Trinajstić information content (AvgIpc) is 2.48. The van der Waals surface area contributed by atoms with E-state index < -0.39 is 0 Å². The molecule has 1 fully saturated rings. The highest BCUT2D eigenvalue weighted by molar-refractivity contribution is 5.46. The number of likely N-dealkylation sites (tertiary alicyclic amines) is 1. The molecule has 1 aromatic rings. The van der Waals surface area contributed by atoms with Gasteiger partial charge in [0.15, 0.2) is 0 Å². The molecule has 1 aliphatic heterocycles. The Bertz CT molecular complexity index is 501. The van der Waals surface area contributed by atoms with Crippen molar-refractivity contribution in [3.63, 3.8) is 0 Å². The van der Waals surface area contributed by atoms with Crippen LogP contribution in [0, 0.1) is 11.3 Å². The van der Waals surface area contributed by atoms with Crippen molar-refractivity contribution in [3.8, 4) is 11.9 Å². The van der Waals surface area contributed by atoms with E-state index in [1.165, 1.54) is 0 Å². The zero-order chi connectivity index (χ0) is 14.5. The fraction of sp³-hybridized carbons (Fsp3) is 0.667. The van der Waals surface area contributed by atoms with E-state index in [0.717, 1.165) is 50.0 Å². The fourth-order valence-electron chi connectivity index (χ4n) is 2.61. The van der Waals surface area contributed by atoms with Gasteiger partial charge in [0.1, 0.15) is 17.7 Å². The number of rotatable bonds is 4. The van der Waals surface area contributed by atoms with E-state index in [1.54, 1.807) is 0 Å². The molecule has 0 saturated carbocycles. The molecule has 0 aliphatic carbocycles. The Balaban J connectivity index is 2.22. The van der Waals surface area contributed by atoms with Crippen LogP contribution in [0.5, 0.6) is 5.88 Å². The van der Waals surface area contributed by atoms with E-state index in [4.69, 9.17) is 4.74 Å². The Morgan fingerprint density at radius 3 is 2.50 bits per heavy atom. The predicted octanol–water partition coefficient (Wildman–Crippen LogP) is 1.95. The lowest BCUT2D eigenvalue weighted by Gasteiger charge is -2.29. The molecule has 1 saturated heterocycles. The molecular weight excluding hydrogens is 252 g/mol. The molecule has 5 nitrogen and oxygen atoms in total. The maximum absolute atomic E-state index is 9.42. The minimum absolute atomic E-state index is 0.143. The Morgan fingerprint density at radius 2 is 1.95 bits per heavy atom.